The summed E-state index contributed by atoms with van der Waals surface area (Å²) in [7, 11) is 0. The summed E-state index contributed by atoms with van der Waals surface area (Å²) in [6.45, 7) is 4.48. The molecule has 1 unspecified atom stereocenters. The Morgan fingerprint density at radius 1 is 1.52 bits per heavy atom. The van der Waals surface area contributed by atoms with Crippen molar-refractivity contribution < 1.29 is 4.42 Å². The lowest BCUT2D eigenvalue weighted by molar-refractivity contribution is 0.466. The van der Waals surface area contributed by atoms with Gasteiger partial charge in [-0.1, -0.05) is 11.6 Å². The van der Waals surface area contributed by atoms with Crippen LogP contribution in [0.1, 0.15) is 37.3 Å². The molecule has 2 aromatic rings. The second-order valence-corrected chi connectivity index (χ2v) is 6.02. The van der Waals surface area contributed by atoms with Crippen molar-refractivity contribution in [2.24, 2.45) is 5.92 Å². The quantitative estimate of drug-likeness (QED) is 0.920. The highest BCUT2D eigenvalue weighted by Crippen LogP contribution is 2.30. The minimum absolute atomic E-state index is 0.138. The van der Waals surface area contributed by atoms with E-state index < -0.39 is 0 Å². The second-order valence-electron chi connectivity index (χ2n) is 5.61. The van der Waals surface area contributed by atoms with Crippen LogP contribution in [0.2, 0.25) is 5.02 Å². The van der Waals surface area contributed by atoms with E-state index in [9.17, 15) is 4.79 Å². The zero-order valence-corrected chi connectivity index (χ0v) is 12.9. The van der Waals surface area contributed by atoms with Crippen molar-refractivity contribution in [2.45, 2.75) is 39.3 Å². The fraction of sp³-hybridized carbons (Fsp3) is 0.467. The fourth-order valence-electron chi connectivity index (χ4n) is 2.25. The molecule has 21 heavy (non-hydrogen) atoms. The van der Waals surface area contributed by atoms with Gasteiger partial charge in [0.1, 0.15) is 17.2 Å². The molecule has 112 valence electrons. The van der Waals surface area contributed by atoms with Crippen LogP contribution in [0.4, 0.5) is 5.69 Å². The van der Waals surface area contributed by atoms with E-state index in [-0.39, 0.29) is 11.6 Å². The summed E-state index contributed by atoms with van der Waals surface area (Å²) in [5.74, 6) is 2.19. The van der Waals surface area contributed by atoms with Crippen molar-refractivity contribution in [2.75, 3.05) is 5.32 Å². The highest BCUT2D eigenvalue weighted by Gasteiger charge is 2.24. The molecule has 0 bridgehead atoms. The molecule has 1 aliphatic carbocycles. The number of anilines is 1. The number of nitrogens with zero attached hydrogens (tertiary/aromatic N) is 2. The van der Waals surface area contributed by atoms with E-state index in [1.807, 2.05) is 26.0 Å². The van der Waals surface area contributed by atoms with Gasteiger partial charge >= 0.3 is 0 Å². The molecular weight excluding hydrogens is 290 g/mol. The van der Waals surface area contributed by atoms with Crippen molar-refractivity contribution in [3.05, 3.63) is 45.2 Å². The first-order valence-corrected chi connectivity index (χ1v) is 7.51. The monoisotopic (exact) mass is 307 g/mol. The van der Waals surface area contributed by atoms with Gasteiger partial charge < -0.3 is 9.73 Å². The van der Waals surface area contributed by atoms with Gasteiger partial charge in [-0.05, 0) is 44.7 Å². The Morgan fingerprint density at radius 3 is 2.90 bits per heavy atom. The van der Waals surface area contributed by atoms with E-state index in [0.29, 0.717) is 23.2 Å². The molecule has 3 rings (SSSR count). The number of rotatable bonds is 5. The first-order chi connectivity index (χ1) is 10.0. The van der Waals surface area contributed by atoms with E-state index in [1.54, 1.807) is 0 Å². The number of hydrogen-bond acceptors (Lipinski definition) is 4. The van der Waals surface area contributed by atoms with Crippen LogP contribution in [0.3, 0.4) is 0 Å². The summed E-state index contributed by atoms with van der Waals surface area (Å²) in [4.78, 5) is 12.4. The zero-order chi connectivity index (χ0) is 15.0. The normalized spacial score (nSPS) is 16.0. The smallest absolute Gasteiger partial charge is 0.291 e. The van der Waals surface area contributed by atoms with Gasteiger partial charge in [-0.2, -0.15) is 5.10 Å². The third-order valence-corrected chi connectivity index (χ3v) is 3.96. The molecule has 0 radical (unpaired) electrons. The standard InChI is InChI=1S/C15H18ClN3O2/c1-9-3-6-13(21-9)10(2)18-14-12(16)7-17-19(15(14)20)8-11-4-5-11/h3,6-7,10-11,18H,4-5,8H2,1-2H3. The first kappa shape index (κ1) is 14.2. The van der Waals surface area contributed by atoms with Crippen LogP contribution >= 0.6 is 11.6 Å². The third-order valence-electron chi connectivity index (χ3n) is 3.67. The Kier molecular flexibility index (Phi) is 3.76. The maximum Gasteiger partial charge on any atom is 0.291 e. The largest absolute Gasteiger partial charge is 0.464 e. The summed E-state index contributed by atoms with van der Waals surface area (Å²) < 4.78 is 7.06. The number of aromatic nitrogens is 2. The molecule has 5 nitrogen and oxygen atoms in total. The Labute approximate surface area is 127 Å². The van der Waals surface area contributed by atoms with Crippen LogP contribution < -0.4 is 10.9 Å². The lowest BCUT2D eigenvalue weighted by Crippen LogP contribution is -2.27. The molecule has 1 saturated carbocycles. The lowest BCUT2D eigenvalue weighted by atomic mass is 10.2. The van der Waals surface area contributed by atoms with Gasteiger partial charge in [-0.25, -0.2) is 4.68 Å². The maximum atomic E-state index is 12.4. The van der Waals surface area contributed by atoms with E-state index in [2.05, 4.69) is 10.4 Å². The molecule has 1 aliphatic rings. The van der Waals surface area contributed by atoms with E-state index in [0.717, 1.165) is 11.5 Å². The van der Waals surface area contributed by atoms with Crippen molar-refractivity contribution in [3.63, 3.8) is 0 Å². The minimum Gasteiger partial charge on any atom is -0.464 e. The van der Waals surface area contributed by atoms with Gasteiger partial charge in [-0.3, -0.25) is 4.79 Å². The fourth-order valence-corrected chi connectivity index (χ4v) is 2.43. The van der Waals surface area contributed by atoms with E-state index in [4.69, 9.17) is 16.0 Å². The molecule has 2 aromatic heterocycles. The molecular formula is C15H18ClN3O2. The molecule has 0 aromatic carbocycles. The molecule has 1 N–H and O–H groups in total. The lowest BCUT2D eigenvalue weighted by Gasteiger charge is -2.15. The Balaban J connectivity index is 1.85. The van der Waals surface area contributed by atoms with E-state index in [1.165, 1.54) is 23.7 Å². The SMILES string of the molecule is Cc1ccc(C(C)Nc2c(Cl)cnn(CC3CC3)c2=O)o1. The van der Waals surface area contributed by atoms with Crippen LogP contribution in [0, 0.1) is 12.8 Å². The molecule has 0 saturated heterocycles. The number of halogens is 1. The Bertz CT molecular complexity index is 703. The maximum absolute atomic E-state index is 12.4. The topological polar surface area (TPSA) is 60.1 Å². The van der Waals surface area contributed by atoms with Crippen LogP contribution in [0.15, 0.2) is 27.5 Å². The van der Waals surface area contributed by atoms with Gasteiger partial charge in [0.15, 0.2) is 0 Å². The summed E-state index contributed by atoms with van der Waals surface area (Å²) in [5, 5.41) is 7.59. The van der Waals surface area contributed by atoms with Crippen molar-refractivity contribution >= 4 is 17.3 Å². The van der Waals surface area contributed by atoms with Crippen LogP contribution in [0.25, 0.3) is 0 Å². The van der Waals surface area contributed by atoms with Crippen LogP contribution in [-0.4, -0.2) is 9.78 Å². The Hall–Kier alpha value is -1.75. The van der Waals surface area contributed by atoms with Crippen molar-refractivity contribution in [1.82, 2.24) is 9.78 Å². The van der Waals surface area contributed by atoms with Crippen molar-refractivity contribution in [3.8, 4) is 0 Å². The molecule has 2 heterocycles. The molecule has 1 atom stereocenters. The average molecular weight is 308 g/mol. The third kappa shape index (κ3) is 3.13. The van der Waals surface area contributed by atoms with Gasteiger partial charge in [0.25, 0.3) is 5.56 Å². The number of hydrogen-bond donors (Lipinski definition) is 1. The second kappa shape index (κ2) is 5.56. The van der Waals surface area contributed by atoms with Crippen molar-refractivity contribution in [1.29, 1.82) is 0 Å². The highest BCUT2D eigenvalue weighted by molar-refractivity contribution is 6.33. The predicted octanol–water partition coefficient (Wildman–Crippen LogP) is 3.38. The van der Waals surface area contributed by atoms with Gasteiger partial charge in [-0.15, -0.1) is 0 Å². The summed E-state index contributed by atoms with van der Waals surface area (Å²) >= 11 is 6.12. The average Bonchev–Trinajstić information content (AvgIpc) is 3.17. The van der Waals surface area contributed by atoms with Gasteiger partial charge in [0, 0.05) is 6.54 Å². The zero-order valence-electron chi connectivity index (χ0n) is 12.1. The van der Waals surface area contributed by atoms with E-state index >= 15 is 0 Å². The van der Waals surface area contributed by atoms with Gasteiger partial charge in [0.2, 0.25) is 0 Å². The van der Waals surface area contributed by atoms with Crippen LogP contribution in [0.5, 0.6) is 0 Å². The van der Waals surface area contributed by atoms with Crippen LogP contribution in [-0.2, 0) is 6.54 Å². The number of nitrogens with one attached hydrogen (secondary N) is 1. The van der Waals surface area contributed by atoms with Gasteiger partial charge in [0.05, 0.1) is 17.3 Å². The molecule has 0 amide bonds. The Morgan fingerprint density at radius 2 is 2.29 bits per heavy atom. The highest BCUT2D eigenvalue weighted by atomic mass is 35.5. The summed E-state index contributed by atoms with van der Waals surface area (Å²) in [5.41, 5.74) is 0.207. The molecule has 1 fully saturated rings. The first-order valence-electron chi connectivity index (χ1n) is 7.13. The molecule has 0 spiro atoms. The summed E-state index contributed by atoms with van der Waals surface area (Å²) in [6, 6.07) is 3.65. The minimum atomic E-state index is -0.176. The summed E-state index contributed by atoms with van der Waals surface area (Å²) in [6.07, 6.45) is 3.86. The number of furan rings is 1. The number of aryl methyl sites for hydroxylation is 1. The molecule has 0 aliphatic heterocycles. The predicted molar refractivity (Wildman–Crippen MR) is 81.7 cm³/mol. The molecule has 6 heteroatoms.